The molecule has 0 N–H and O–H groups in total. The first kappa shape index (κ1) is 13.4. The maximum Gasteiger partial charge on any atom is 0.307 e. The van der Waals surface area contributed by atoms with Crippen LogP contribution < -0.4 is 0 Å². The molecule has 4 heteroatoms. The van der Waals surface area contributed by atoms with Crippen LogP contribution in [0.25, 0.3) is 0 Å². The van der Waals surface area contributed by atoms with Gasteiger partial charge in [0.1, 0.15) is 0 Å². The lowest BCUT2D eigenvalue weighted by Gasteiger charge is -2.49. The van der Waals surface area contributed by atoms with Crippen molar-refractivity contribution in [3.05, 3.63) is 0 Å². The van der Waals surface area contributed by atoms with Crippen molar-refractivity contribution >= 4 is 5.97 Å². The van der Waals surface area contributed by atoms with Crippen molar-refractivity contribution in [1.82, 2.24) is 9.80 Å². The first-order chi connectivity index (χ1) is 9.24. The van der Waals surface area contributed by atoms with Gasteiger partial charge in [0.15, 0.2) is 0 Å². The zero-order valence-corrected chi connectivity index (χ0v) is 12.2. The second kappa shape index (κ2) is 5.41. The third-order valence-corrected chi connectivity index (χ3v) is 5.46. The van der Waals surface area contributed by atoms with Crippen molar-refractivity contribution in [2.45, 2.75) is 44.7 Å². The highest BCUT2D eigenvalue weighted by Gasteiger charge is 2.52. The Balaban J connectivity index is 1.78. The fourth-order valence-corrected chi connectivity index (χ4v) is 4.65. The lowest BCUT2D eigenvalue weighted by Crippen LogP contribution is -2.57. The van der Waals surface area contributed by atoms with Gasteiger partial charge in [-0.1, -0.05) is 6.92 Å². The van der Waals surface area contributed by atoms with Gasteiger partial charge < -0.3 is 4.74 Å². The Morgan fingerprint density at radius 1 is 1.32 bits per heavy atom. The number of ether oxygens (including phenoxy) is 1. The average Bonchev–Trinajstić information content (AvgIpc) is 2.81. The van der Waals surface area contributed by atoms with Gasteiger partial charge in [0.2, 0.25) is 0 Å². The predicted molar refractivity (Wildman–Crippen MR) is 73.9 cm³/mol. The van der Waals surface area contributed by atoms with E-state index in [-0.39, 0.29) is 5.97 Å². The van der Waals surface area contributed by atoms with Crippen LogP contribution in [0.5, 0.6) is 0 Å². The first-order valence-electron chi connectivity index (χ1n) is 7.79. The van der Waals surface area contributed by atoms with Crippen LogP contribution in [0.1, 0.15) is 32.6 Å². The quantitative estimate of drug-likeness (QED) is 0.719. The highest BCUT2D eigenvalue weighted by atomic mass is 16.5. The van der Waals surface area contributed by atoms with Gasteiger partial charge in [-0.15, -0.1) is 0 Å². The molecule has 0 aromatic heterocycles. The van der Waals surface area contributed by atoms with Crippen molar-refractivity contribution < 1.29 is 9.53 Å². The Kier molecular flexibility index (Phi) is 3.81. The summed E-state index contributed by atoms with van der Waals surface area (Å²) in [5, 5.41) is 0. The van der Waals surface area contributed by atoms with Crippen LogP contribution in [0.15, 0.2) is 0 Å². The summed E-state index contributed by atoms with van der Waals surface area (Å²) in [6.07, 6.45) is 4.47. The Morgan fingerprint density at radius 3 is 2.68 bits per heavy atom. The molecular weight excluding hydrogens is 240 g/mol. The van der Waals surface area contributed by atoms with Crippen LogP contribution in [0, 0.1) is 11.8 Å². The molecule has 0 aromatic rings. The molecule has 2 bridgehead atoms. The fraction of sp³-hybridized carbons (Fsp3) is 0.933. The summed E-state index contributed by atoms with van der Waals surface area (Å²) in [5.41, 5.74) is 0. The number of piperidine rings is 3. The standard InChI is InChI=1S/C15H26N2O2/c1-3-6-17-10-12-11-4-7-16(8-5-11)15(12)13(17)9-14(18)19-2/h11-13,15H,3-10H2,1-2H3. The van der Waals surface area contributed by atoms with Crippen molar-refractivity contribution in [2.24, 2.45) is 11.8 Å². The number of methoxy groups -OCH3 is 1. The predicted octanol–water partition coefficient (Wildman–Crippen LogP) is 1.35. The molecule has 19 heavy (non-hydrogen) atoms. The van der Waals surface area contributed by atoms with E-state index in [0.29, 0.717) is 18.5 Å². The summed E-state index contributed by atoms with van der Waals surface area (Å²) in [6, 6.07) is 0.999. The summed E-state index contributed by atoms with van der Waals surface area (Å²) >= 11 is 0. The molecule has 0 radical (unpaired) electrons. The minimum Gasteiger partial charge on any atom is -0.469 e. The number of fused-ring (bicyclic) bond motifs is 2. The highest BCUT2D eigenvalue weighted by Crippen LogP contribution is 2.44. The Labute approximate surface area is 116 Å². The smallest absolute Gasteiger partial charge is 0.307 e. The maximum atomic E-state index is 11.7. The largest absolute Gasteiger partial charge is 0.469 e. The first-order valence-corrected chi connectivity index (χ1v) is 7.79. The molecule has 4 nitrogen and oxygen atoms in total. The van der Waals surface area contributed by atoms with E-state index in [4.69, 9.17) is 4.74 Å². The minimum absolute atomic E-state index is 0.0469. The molecule has 0 amide bonds. The topological polar surface area (TPSA) is 32.8 Å². The minimum atomic E-state index is -0.0469. The third kappa shape index (κ3) is 2.29. The van der Waals surface area contributed by atoms with Crippen molar-refractivity contribution in [3.63, 3.8) is 0 Å². The Bertz CT molecular complexity index is 339. The zero-order chi connectivity index (χ0) is 13.4. The van der Waals surface area contributed by atoms with Gasteiger partial charge >= 0.3 is 5.97 Å². The van der Waals surface area contributed by atoms with E-state index >= 15 is 0 Å². The van der Waals surface area contributed by atoms with E-state index in [1.165, 1.54) is 46.0 Å². The molecule has 0 saturated carbocycles. The van der Waals surface area contributed by atoms with Gasteiger partial charge in [0, 0.05) is 18.6 Å². The van der Waals surface area contributed by atoms with E-state index in [0.717, 1.165) is 18.4 Å². The fourth-order valence-electron chi connectivity index (χ4n) is 4.65. The van der Waals surface area contributed by atoms with Crippen LogP contribution in [-0.2, 0) is 9.53 Å². The van der Waals surface area contributed by atoms with Crippen molar-refractivity contribution in [2.75, 3.05) is 33.3 Å². The molecule has 3 unspecified atom stereocenters. The summed E-state index contributed by atoms with van der Waals surface area (Å²) in [7, 11) is 1.51. The zero-order valence-electron chi connectivity index (χ0n) is 12.2. The van der Waals surface area contributed by atoms with Crippen LogP contribution >= 0.6 is 0 Å². The van der Waals surface area contributed by atoms with Gasteiger partial charge in [-0.25, -0.2) is 0 Å². The number of esters is 1. The molecule has 0 aromatic carbocycles. The van der Waals surface area contributed by atoms with Crippen LogP contribution in [0.3, 0.4) is 0 Å². The van der Waals surface area contributed by atoms with E-state index < -0.39 is 0 Å². The SMILES string of the molecule is CCCN1CC2C3CCN(CC3)C2C1CC(=O)OC. The molecule has 4 rings (SSSR count). The number of carbonyl (C=O) groups is 1. The van der Waals surface area contributed by atoms with E-state index in [1.54, 1.807) is 0 Å². The van der Waals surface area contributed by atoms with E-state index in [9.17, 15) is 4.79 Å². The molecule has 3 atom stereocenters. The third-order valence-electron chi connectivity index (χ3n) is 5.46. The molecule has 4 fully saturated rings. The number of nitrogens with zero attached hydrogens (tertiary/aromatic N) is 2. The Hall–Kier alpha value is -0.610. The Morgan fingerprint density at radius 2 is 2.05 bits per heavy atom. The van der Waals surface area contributed by atoms with Gasteiger partial charge in [-0.2, -0.15) is 0 Å². The molecular formula is C15H26N2O2. The second-order valence-corrected chi connectivity index (χ2v) is 6.37. The molecule has 4 aliphatic rings. The van der Waals surface area contributed by atoms with Gasteiger partial charge in [-0.3, -0.25) is 14.6 Å². The number of likely N-dealkylation sites (tertiary alicyclic amines) is 1. The lowest BCUT2D eigenvalue weighted by atomic mass is 9.73. The average molecular weight is 266 g/mol. The van der Waals surface area contributed by atoms with Gasteiger partial charge in [0.25, 0.3) is 0 Å². The highest BCUT2D eigenvalue weighted by molar-refractivity contribution is 5.70. The molecule has 0 spiro atoms. The number of hydrogen-bond donors (Lipinski definition) is 0. The molecule has 0 aliphatic carbocycles. The summed E-state index contributed by atoms with van der Waals surface area (Å²) in [4.78, 5) is 16.9. The number of rotatable bonds is 4. The second-order valence-electron chi connectivity index (χ2n) is 6.37. The summed E-state index contributed by atoms with van der Waals surface area (Å²) in [5.74, 6) is 1.65. The number of hydrogen-bond acceptors (Lipinski definition) is 4. The normalized spacial score (nSPS) is 41.3. The summed E-state index contributed by atoms with van der Waals surface area (Å²) < 4.78 is 4.91. The lowest BCUT2D eigenvalue weighted by molar-refractivity contribution is -0.142. The number of carbonyl (C=O) groups excluding carboxylic acids is 1. The molecule has 108 valence electrons. The molecule has 4 heterocycles. The van der Waals surface area contributed by atoms with Crippen LogP contribution in [0.4, 0.5) is 0 Å². The van der Waals surface area contributed by atoms with Crippen LogP contribution in [-0.4, -0.2) is 61.1 Å². The monoisotopic (exact) mass is 266 g/mol. The molecule has 4 saturated heterocycles. The van der Waals surface area contributed by atoms with Gasteiger partial charge in [0.05, 0.1) is 13.5 Å². The van der Waals surface area contributed by atoms with Gasteiger partial charge in [-0.05, 0) is 50.7 Å². The van der Waals surface area contributed by atoms with Crippen molar-refractivity contribution in [1.29, 1.82) is 0 Å². The van der Waals surface area contributed by atoms with Crippen LogP contribution in [0.2, 0.25) is 0 Å². The molecule has 4 aliphatic heterocycles. The van der Waals surface area contributed by atoms with E-state index in [1.807, 2.05) is 0 Å². The maximum absolute atomic E-state index is 11.7. The van der Waals surface area contributed by atoms with Crippen molar-refractivity contribution in [3.8, 4) is 0 Å². The van der Waals surface area contributed by atoms with E-state index in [2.05, 4.69) is 16.7 Å². The summed E-state index contributed by atoms with van der Waals surface area (Å²) in [6.45, 7) is 7.02.